The summed E-state index contributed by atoms with van der Waals surface area (Å²) >= 11 is 0. The number of hydrogen-bond acceptors (Lipinski definition) is 3. The lowest BCUT2D eigenvalue weighted by molar-refractivity contribution is -0.156. The Morgan fingerprint density at radius 3 is 2.05 bits per heavy atom. The van der Waals surface area contributed by atoms with Gasteiger partial charge in [-0.3, -0.25) is 4.90 Å². The molecule has 1 rings (SSSR count). The van der Waals surface area contributed by atoms with E-state index >= 15 is 0 Å². The van der Waals surface area contributed by atoms with Crippen LogP contribution in [0.3, 0.4) is 0 Å². The molecule has 19 heavy (non-hydrogen) atoms. The Hall–Kier alpha value is -1.26. The SMILES string of the molecule is CC(C)(C)OC(=O)N1CCC[C@@]1(C(=O)O)C(C)(C)C. The molecule has 0 bridgehead atoms. The minimum Gasteiger partial charge on any atom is -0.479 e. The number of carbonyl (C=O) groups excluding carboxylic acids is 1. The number of nitrogens with zero attached hydrogens (tertiary/aromatic N) is 1. The Bertz CT molecular complexity index is 378. The Morgan fingerprint density at radius 2 is 1.68 bits per heavy atom. The Balaban J connectivity index is 3.12. The molecule has 1 amide bonds. The highest BCUT2D eigenvalue weighted by atomic mass is 16.6. The zero-order valence-corrected chi connectivity index (χ0v) is 12.7. The number of hydrogen-bond donors (Lipinski definition) is 1. The van der Waals surface area contributed by atoms with Crippen LogP contribution in [0.25, 0.3) is 0 Å². The molecule has 0 aromatic heterocycles. The summed E-state index contributed by atoms with van der Waals surface area (Å²) in [6.07, 6.45) is 0.607. The van der Waals surface area contributed by atoms with Crippen molar-refractivity contribution in [2.75, 3.05) is 6.54 Å². The van der Waals surface area contributed by atoms with Crippen LogP contribution < -0.4 is 0 Å². The van der Waals surface area contributed by atoms with Gasteiger partial charge in [-0.15, -0.1) is 0 Å². The van der Waals surface area contributed by atoms with E-state index in [9.17, 15) is 14.7 Å². The van der Waals surface area contributed by atoms with Crippen molar-refractivity contribution in [3.05, 3.63) is 0 Å². The average molecular weight is 271 g/mol. The van der Waals surface area contributed by atoms with Crippen LogP contribution in [0.4, 0.5) is 4.79 Å². The fourth-order valence-corrected chi connectivity index (χ4v) is 2.71. The summed E-state index contributed by atoms with van der Waals surface area (Å²) in [7, 11) is 0. The van der Waals surface area contributed by atoms with Crippen LogP contribution >= 0.6 is 0 Å². The molecule has 0 radical (unpaired) electrons. The Labute approximate surface area is 114 Å². The molecule has 1 saturated heterocycles. The number of ether oxygens (including phenoxy) is 1. The number of carboxylic acids is 1. The van der Waals surface area contributed by atoms with Crippen molar-refractivity contribution < 1.29 is 19.4 Å². The fourth-order valence-electron chi connectivity index (χ4n) is 2.71. The second-order valence-corrected chi connectivity index (χ2v) is 7.15. The highest BCUT2D eigenvalue weighted by Crippen LogP contribution is 2.44. The van der Waals surface area contributed by atoms with E-state index in [-0.39, 0.29) is 0 Å². The van der Waals surface area contributed by atoms with E-state index in [4.69, 9.17) is 4.74 Å². The molecule has 0 aliphatic carbocycles. The molecule has 1 aliphatic heterocycles. The molecule has 0 spiro atoms. The van der Waals surface area contributed by atoms with Crippen LogP contribution in [-0.2, 0) is 9.53 Å². The van der Waals surface area contributed by atoms with E-state index in [0.717, 1.165) is 0 Å². The van der Waals surface area contributed by atoms with E-state index in [1.54, 1.807) is 20.8 Å². The monoisotopic (exact) mass is 271 g/mol. The predicted octanol–water partition coefficient (Wildman–Crippen LogP) is 2.89. The summed E-state index contributed by atoms with van der Waals surface area (Å²) in [6, 6.07) is 0. The lowest BCUT2D eigenvalue weighted by Gasteiger charge is -2.44. The first-order chi connectivity index (χ1) is 8.42. The second-order valence-electron chi connectivity index (χ2n) is 7.15. The predicted molar refractivity (Wildman–Crippen MR) is 72.0 cm³/mol. The highest BCUT2D eigenvalue weighted by molar-refractivity contribution is 5.86. The van der Waals surface area contributed by atoms with Gasteiger partial charge in [-0.05, 0) is 39.0 Å². The molecule has 1 atom stereocenters. The zero-order valence-electron chi connectivity index (χ0n) is 12.7. The molecular weight excluding hydrogens is 246 g/mol. The van der Waals surface area contributed by atoms with Gasteiger partial charge in [0.2, 0.25) is 0 Å². The van der Waals surface area contributed by atoms with Gasteiger partial charge in [0.1, 0.15) is 11.1 Å². The summed E-state index contributed by atoms with van der Waals surface area (Å²) in [5.74, 6) is -0.955. The van der Waals surface area contributed by atoms with Gasteiger partial charge in [0.15, 0.2) is 0 Å². The number of rotatable bonds is 1. The molecule has 1 heterocycles. The number of carboxylic acid groups (broad SMARTS) is 1. The Morgan fingerprint density at radius 1 is 1.16 bits per heavy atom. The van der Waals surface area contributed by atoms with Crippen molar-refractivity contribution in [2.24, 2.45) is 5.41 Å². The summed E-state index contributed by atoms with van der Waals surface area (Å²) in [5.41, 5.74) is -2.36. The third-order valence-corrected chi connectivity index (χ3v) is 3.59. The molecule has 1 fully saturated rings. The van der Waals surface area contributed by atoms with Gasteiger partial charge in [0.25, 0.3) is 0 Å². The average Bonchev–Trinajstić information content (AvgIpc) is 2.57. The highest BCUT2D eigenvalue weighted by Gasteiger charge is 2.58. The molecule has 1 aliphatic rings. The first-order valence-corrected chi connectivity index (χ1v) is 6.66. The number of likely N-dealkylation sites (tertiary alicyclic amines) is 1. The van der Waals surface area contributed by atoms with Crippen LogP contribution in [-0.4, -0.2) is 39.8 Å². The summed E-state index contributed by atoms with van der Waals surface area (Å²) in [6.45, 7) is 11.3. The molecular formula is C14H25NO4. The molecule has 5 heteroatoms. The third kappa shape index (κ3) is 2.85. The van der Waals surface area contributed by atoms with Gasteiger partial charge >= 0.3 is 12.1 Å². The summed E-state index contributed by atoms with van der Waals surface area (Å²) in [4.78, 5) is 25.5. The molecule has 0 saturated carbocycles. The number of amides is 1. The van der Waals surface area contributed by atoms with Crippen LogP contribution in [0, 0.1) is 5.41 Å². The third-order valence-electron chi connectivity index (χ3n) is 3.59. The van der Waals surface area contributed by atoms with Gasteiger partial charge in [-0.1, -0.05) is 20.8 Å². The fraction of sp³-hybridized carbons (Fsp3) is 0.857. The van der Waals surface area contributed by atoms with Gasteiger partial charge < -0.3 is 9.84 Å². The van der Waals surface area contributed by atoms with Crippen molar-refractivity contribution in [2.45, 2.75) is 65.5 Å². The van der Waals surface area contributed by atoms with Crippen molar-refractivity contribution in [1.29, 1.82) is 0 Å². The van der Waals surface area contributed by atoms with Crippen molar-refractivity contribution in [3.63, 3.8) is 0 Å². The smallest absolute Gasteiger partial charge is 0.411 e. The maximum atomic E-state index is 12.3. The summed E-state index contributed by atoms with van der Waals surface area (Å²) in [5, 5.41) is 9.67. The van der Waals surface area contributed by atoms with Crippen LogP contribution in [0.2, 0.25) is 0 Å². The maximum Gasteiger partial charge on any atom is 0.411 e. The Kier molecular flexibility index (Phi) is 3.90. The first-order valence-electron chi connectivity index (χ1n) is 6.66. The minimum absolute atomic E-state index is 0.429. The van der Waals surface area contributed by atoms with Crippen LogP contribution in [0.15, 0.2) is 0 Å². The van der Waals surface area contributed by atoms with Crippen molar-refractivity contribution >= 4 is 12.1 Å². The van der Waals surface area contributed by atoms with Crippen molar-refractivity contribution in [1.82, 2.24) is 4.90 Å². The van der Waals surface area contributed by atoms with Gasteiger partial charge in [0.05, 0.1) is 0 Å². The first kappa shape index (κ1) is 15.8. The topological polar surface area (TPSA) is 66.8 Å². The largest absolute Gasteiger partial charge is 0.479 e. The molecule has 1 N–H and O–H groups in total. The standard InChI is InChI=1S/C14H25NO4/c1-12(2,3)14(10(16)17)8-7-9-15(14)11(18)19-13(4,5)6/h7-9H2,1-6H3,(H,16,17)/t14-/m1/s1. The quantitative estimate of drug-likeness (QED) is 0.796. The van der Waals surface area contributed by atoms with Crippen LogP contribution in [0.5, 0.6) is 0 Å². The van der Waals surface area contributed by atoms with E-state index < -0.39 is 28.6 Å². The van der Waals surface area contributed by atoms with E-state index in [2.05, 4.69) is 0 Å². The minimum atomic E-state index is -1.19. The maximum absolute atomic E-state index is 12.3. The molecule has 0 unspecified atom stereocenters. The number of aliphatic carboxylic acids is 1. The van der Waals surface area contributed by atoms with E-state index in [1.165, 1.54) is 4.90 Å². The van der Waals surface area contributed by atoms with E-state index in [0.29, 0.717) is 19.4 Å². The molecule has 110 valence electrons. The van der Waals surface area contributed by atoms with Gasteiger partial charge in [0, 0.05) is 6.54 Å². The molecule has 0 aromatic rings. The normalized spacial score (nSPS) is 24.4. The lowest BCUT2D eigenvalue weighted by Crippen LogP contribution is -2.61. The van der Waals surface area contributed by atoms with Gasteiger partial charge in [-0.2, -0.15) is 0 Å². The molecule has 5 nitrogen and oxygen atoms in total. The summed E-state index contributed by atoms with van der Waals surface area (Å²) < 4.78 is 5.35. The lowest BCUT2D eigenvalue weighted by atomic mass is 9.72. The molecule has 0 aromatic carbocycles. The van der Waals surface area contributed by atoms with Gasteiger partial charge in [-0.25, -0.2) is 9.59 Å². The van der Waals surface area contributed by atoms with Crippen LogP contribution in [0.1, 0.15) is 54.4 Å². The number of carbonyl (C=O) groups is 2. The zero-order chi connectivity index (χ0) is 15.1. The second kappa shape index (κ2) is 4.69. The van der Waals surface area contributed by atoms with Crippen molar-refractivity contribution in [3.8, 4) is 0 Å². The van der Waals surface area contributed by atoms with E-state index in [1.807, 2.05) is 20.8 Å².